The van der Waals surface area contributed by atoms with E-state index >= 15 is 0 Å². The monoisotopic (exact) mass is 285 g/mol. The van der Waals surface area contributed by atoms with Crippen LogP contribution < -0.4 is 5.73 Å². The van der Waals surface area contributed by atoms with E-state index in [1.54, 1.807) is 13.8 Å². The second-order valence-electron chi connectivity index (χ2n) is 4.33. The maximum Gasteiger partial charge on any atom is 0.417 e. The van der Waals surface area contributed by atoms with Crippen LogP contribution in [0.4, 0.5) is 23.4 Å². The van der Waals surface area contributed by atoms with Gasteiger partial charge in [0, 0.05) is 16.8 Å². The summed E-state index contributed by atoms with van der Waals surface area (Å²) < 4.78 is 51.9. The van der Waals surface area contributed by atoms with E-state index < -0.39 is 17.6 Å². The Bertz CT molecular complexity index is 642. The Morgan fingerprint density at radius 3 is 2.30 bits per heavy atom. The molecule has 0 saturated heterocycles. The van der Waals surface area contributed by atoms with Crippen LogP contribution in [0.3, 0.4) is 0 Å². The number of alkyl halides is 3. The van der Waals surface area contributed by atoms with Crippen molar-refractivity contribution in [2.45, 2.75) is 20.0 Å². The molecule has 106 valence electrons. The highest BCUT2D eigenvalue weighted by Gasteiger charge is 2.35. The van der Waals surface area contributed by atoms with E-state index in [9.17, 15) is 17.6 Å². The van der Waals surface area contributed by atoms with Crippen molar-refractivity contribution >= 4 is 5.82 Å². The van der Waals surface area contributed by atoms with Gasteiger partial charge >= 0.3 is 6.18 Å². The zero-order chi connectivity index (χ0) is 15.1. The molecule has 1 aromatic carbocycles. The van der Waals surface area contributed by atoms with Crippen molar-refractivity contribution in [1.82, 2.24) is 9.97 Å². The molecule has 1 heterocycles. The number of benzene rings is 1. The van der Waals surface area contributed by atoms with E-state index in [0.29, 0.717) is 17.3 Å². The molecule has 0 aliphatic carbocycles. The first-order valence-electron chi connectivity index (χ1n) is 5.68. The molecule has 0 atom stereocenters. The summed E-state index contributed by atoms with van der Waals surface area (Å²) in [7, 11) is 0. The minimum absolute atomic E-state index is 0.102. The lowest BCUT2D eigenvalue weighted by molar-refractivity contribution is -0.137. The Morgan fingerprint density at radius 2 is 1.75 bits per heavy atom. The molecule has 0 aliphatic heterocycles. The van der Waals surface area contributed by atoms with Crippen LogP contribution in [0.1, 0.15) is 16.8 Å². The molecule has 0 aliphatic rings. The highest BCUT2D eigenvalue weighted by atomic mass is 19.4. The maximum absolute atomic E-state index is 13.1. The molecular formula is C13H11F4N3. The molecule has 1 aromatic heterocycles. The van der Waals surface area contributed by atoms with Crippen LogP contribution in [-0.4, -0.2) is 9.97 Å². The Kier molecular flexibility index (Phi) is 3.37. The molecule has 7 heteroatoms. The van der Waals surface area contributed by atoms with Gasteiger partial charge in [-0.2, -0.15) is 13.2 Å². The van der Waals surface area contributed by atoms with Crippen LogP contribution in [0.25, 0.3) is 11.4 Å². The predicted molar refractivity (Wildman–Crippen MR) is 66.3 cm³/mol. The number of nitrogens with two attached hydrogens (primary N) is 1. The van der Waals surface area contributed by atoms with Gasteiger partial charge in [-0.05, 0) is 32.0 Å². The zero-order valence-corrected chi connectivity index (χ0v) is 10.7. The number of aryl methyl sites for hydroxylation is 1. The molecule has 0 fully saturated rings. The van der Waals surface area contributed by atoms with Crippen molar-refractivity contribution in [2.24, 2.45) is 0 Å². The lowest BCUT2D eigenvalue weighted by Crippen LogP contribution is -2.10. The second-order valence-corrected chi connectivity index (χ2v) is 4.33. The zero-order valence-electron chi connectivity index (χ0n) is 10.7. The van der Waals surface area contributed by atoms with Crippen molar-refractivity contribution in [1.29, 1.82) is 0 Å². The largest absolute Gasteiger partial charge is 0.417 e. The highest BCUT2D eigenvalue weighted by molar-refractivity contribution is 5.63. The number of nitrogen functional groups attached to an aromatic ring is 1. The van der Waals surface area contributed by atoms with Crippen LogP contribution in [0.2, 0.25) is 0 Å². The molecule has 0 unspecified atom stereocenters. The van der Waals surface area contributed by atoms with Gasteiger partial charge in [-0.25, -0.2) is 14.4 Å². The minimum atomic E-state index is -4.70. The van der Waals surface area contributed by atoms with Gasteiger partial charge in [0.05, 0.1) is 5.56 Å². The third kappa shape index (κ3) is 2.56. The second kappa shape index (κ2) is 4.73. The summed E-state index contributed by atoms with van der Waals surface area (Å²) in [6.45, 7) is 3.29. The van der Waals surface area contributed by atoms with Crippen molar-refractivity contribution in [3.8, 4) is 11.4 Å². The molecule has 3 nitrogen and oxygen atoms in total. The van der Waals surface area contributed by atoms with Crippen molar-refractivity contribution in [2.75, 3.05) is 5.73 Å². The number of rotatable bonds is 1. The Balaban J connectivity index is 2.70. The topological polar surface area (TPSA) is 51.8 Å². The number of nitrogens with zero attached hydrogens (tertiary/aromatic N) is 2. The molecule has 20 heavy (non-hydrogen) atoms. The first-order valence-corrected chi connectivity index (χ1v) is 5.68. The standard InChI is InChI=1S/C13H11F4N3/c1-6-7(2)19-12(20-11(6)18)9-4-3-8(14)5-10(9)13(15,16)17/h3-5H,1-2H3,(H2,18,19,20). The normalized spacial score (nSPS) is 11.7. The van der Waals surface area contributed by atoms with Gasteiger partial charge in [0.15, 0.2) is 5.82 Å². The van der Waals surface area contributed by atoms with E-state index in [1.165, 1.54) is 0 Å². The quantitative estimate of drug-likeness (QED) is 0.816. The van der Waals surface area contributed by atoms with Crippen LogP contribution >= 0.6 is 0 Å². The number of anilines is 1. The molecular weight excluding hydrogens is 274 g/mol. The third-order valence-electron chi connectivity index (χ3n) is 2.95. The summed E-state index contributed by atoms with van der Waals surface area (Å²) in [4.78, 5) is 7.85. The molecule has 0 spiro atoms. The SMILES string of the molecule is Cc1nc(-c2ccc(F)cc2C(F)(F)F)nc(N)c1C. The molecule has 2 rings (SSSR count). The first-order chi connectivity index (χ1) is 9.20. The third-order valence-corrected chi connectivity index (χ3v) is 2.95. The first kappa shape index (κ1) is 14.2. The van der Waals surface area contributed by atoms with Crippen molar-refractivity contribution in [3.63, 3.8) is 0 Å². The minimum Gasteiger partial charge on any atom is -0.383 e. The van der Waals surface area contributed by atoms with E-state index in [4.69, 9.17) is 5.73 Å². The van der Waals surface area contributed by atoms with Crippen LogP contribution in [0.15, 0.2) is 18.2 Å². The Morgan fingerprint density at radius 1 is 1.10 bits per heavy atom. The van der Waals surface area contributed by atoms with Crippen molar-refractivity contribution in [3.05, 3.63) is 40.8 Å². The molecule has 2 N–H and O–H groups in total. The summed E-state index contributed by atoms with van der Waals surface area (Å²) in [5, 5.41) is 0. The summed E-state index contributed by atoms with van der Waals surface area (Å²) >= 11 is 0. The summed E-state index contributed by atoms with van der Waals surface area (Å²) in [5.74, 6) is -1.04. The molecule has 2 aromatic rings. The average Bonchev–Trinajstić information content (AvgIpc) is 2.34. The highest BCUT2D eigenvalue weighted by Crippen LogP contribution is 2.36. The van der Waals surface area contributed by atoms with E-state index in [1.807, 2.05) is 0 Å². The number of halogens is 4. The lowest BCUT2D eigenvalue weighted by atomic mass is 10.1. The molecule has 0 radical (unpaired) electrons. The summed E-state index contributed by atoms with van der Waals surface area (Å²) in [6.07, 6.45) is -4.70. The fourth-order valence-corrected chi connectivity index (χ4v) is 1.72. The molecule has 0 amide bonds. The van der Waals surface area contributed by atoms with Gasteiger partial charge < -0.3 is 5.73 Å². The van der Waals surface area contributed by atoms with Crippen molar-refractivity contribution < 1.29 is 17.6 Å². The van der Waals surface area contributed by atoms with Gasteiger partial charge in [0.25, 0.3) is 0 Å². The fourth-order valence-electron chi connectivity index (χ4n) is 1.72. The van der Waals surface area contributed by atoms with Crippen LogP contribution in [-0.2, 0) is 6.18 Å². The maximum atomic E-state index is 13.1. The Labute approximate surface area is 112 Å². The van der Waals surface area contributed by atoms with E-state index in [0.717, 1.165) is 12.1 Å². The van der Waals surface area contributed by atoms with Gasteiger partial charge in [-0.15, -0.1) is 0 Å². The van der Waals surface area contributed by atoms with Gasteiger partial charge in [-0.1, -0.05) is 0 Å². The summed E-state index contributed by atoms with van der Waals surface area (Å²) in [5.41, 5.74) is 5.30. The molecule has 0 bridgehead atoms. The summed E-state index contributed by atoms with van der Waals surface area (Å²) in [6, 6.07) is 2.35. The van der Waals surface area contributed by atoms with Crippen LogP contribution in [0, 0.1) is 19.7 Å². The fraction of sp³-hybridized carbons (Fsp3) is 0.231. The predicted octanol–water partition coefficient (Wildman–Crippen LogP) is 3.50. The van der Waals surface area contributed by atoms with Crippen LogP contribution in [0.5, 0.6) is 0 Å². The van der Waals surface area contributed by atoms with E-state index in [-0.39, 0.29) is 17.2 Å². The average molecular weight is 285 g/mol. The van der Waals surface area contributed by atoms with E-state index in [2.05, 4.69) is 9.97 Å². The number of hydrogen-bond acceptors (Lipinski definition) is 3. The number of hydrogen-bond donors (Lipinski definition) is 1. The van der Waals surface area contributed by atoms with Gasteiger partial charge in [-0.3, -0.25) is 0 Å². The smallest absolute Gasteiger partial charge is 0.383 e. The van der Waals surface area contributed by atoms with Gasteiger partial charge in [0.1, 0.15) is 11.6 Å². The number of aromatic nitrogens is 2. The Hall–Kier alpha value is -2.18. The van der Waals surface area contributed by atoms with Gasteiger partial charge in [0.2, 0.25) is 0 Å². The molecule has 0 saturated carbocycles. The lowest BCUT2D eigenvalue weighted by Gasteiger charge is -2.13.